The van der Waals surface area contributed by atoms with Gasteiger partial charge in [0.2, 0.25) is 5.91 Å². The molecule has 0 unspecified atom stereocenters. The fraction of sp³-hybridized carbons (Fsp3) is 0.588. The summed E-state index contributed by atoms with van der Waals surface area (Å²) in [4.78, 5) is 14.4. The van der Waals surface area contributed by atoms with Crippen molar-refractivity contribution in [2.75, 3.05) is 6.54 Å². The number of rotatable bonds is 2. The quantitative estimate of drug-likeness (QED) is 0.910. The number of hydrogen-bond acceptors (Lipinski definition) is 2. The van der Waals surface area contributed by atoms with Gasteiger partial charge in [-0.15, -0.1) is 0 Å². The molecule has 1 saturated carbocycles. The number of nitrogens with zero attached hydrogens (tertiary/aromatic N) is 1. The summed E-state index contributed by atoms with van der Waals surface area (Å²) in [6, 6.07) is 5.91. The van der Waals surface area contributed by atoms with Gasteiger partial charge in [0.25, 0.3) is 0 Å². The molecule has 0 spiro atoms. The molecular formula is C17H22ClNO2. The number of fused-ring (bicyclic) bond motifs is 1. The SMILES string of the molecule is O=C(CC1(O)CCCCC1)N1CCc2ccc(Cl)cc2C1. The predicted octanol–water partition coefficient (Wildman–Crippen LogP) is 3.31. The summed E-state index contributed by atoms with van der Waals surface area (Å²) in [5.74, 6) is 0.0741. The molecule has 0 aromatic heterocycles. The Balaban J connectivity index is 1.66. The van der Waals surface area contributed by atoms with Crippen LogP contribution in [0, 0.1) is 0 Å². The Morgan fingerprint density at radius 1 is 1.24 bits per heavy atom. The van der Waals surface area contributed by atoms with Crippen LogP contribution in [-0.4, -0.2) is 28.1 Å². The van der Waals surface area contributed by atoms with Gasteiger partial charge in [-0.05, 0) is 42.5 Å². The van der Waals surface area contributed by atoms with Crippen molar-refractivity contribution in [3.8, 4) is 0 Å². The van der Waals surface area contributed by atoms with Crippen molar-refractivity contribution in [1.29, 1.82) is 0 Å². The van der Waals surface area contributed by atoms with Gasteiger partial charge in [0, 0.05) is 18.1 Å². The Hall–Kier alpha value is -1.06. The van der Waals surface area contributed by atoms with E-state index in [1.54, 1.807) is 0 Å². The topological polar surface area (TPSA) is 40.5 Å². The smallest absolute Gasteiger partial charge is 0.225 e. The van der Waals surface area contributed by atoms with Gasteiger partial charge in [-0.2, -0.15) is 0 Å². The molecule has 3 rings (SSSR count). The lowest BCUT2D eigenvalue weighted by Crippen LogP contribution is -2.42. The van der Waals surface area contributed by atoms with Crippen LogP contribution in [0.5, 0.6) is 0 Å². The van der Waals surface area contributed by atoms with Crippen LogP contribution in [0.4, 0.5) is 0 Å². The van der Waals surface area contributed by atoms with Crippen LogP contribution in [0.3, 0.4) is 0 Å². The van der Waals surface area contributed by atoms with Crippen molar-refractivity contribution in [2.24, 2.45) is 0 Å². The van der Waals surface area contributed by atoms with Gasteiger partial charge >= 0.3 is 0 Å². The normalized spacial score (nSPS) is 21.0. The Kier molecular flexibility index (Phi) is 4.23. The molecule has 2 aliphatic rings. The molecule has 4 heteroatoms. The van der Waals surface area contributed by atoms with Gasteiger partial charge in [0.05, 0.1) is 12.0 Å². The highest BCUT2D eigenvalue weighted by molar-refractivity contribution is 6.30. The highest BCUT2D eigenvalue weighted by Crippen LogP contribution is 2.32. The zero-order valence-electron chi connectivity index (χ0n) is 12.3. The van der Waals surface area contributed by atoms with E-state index in [2.05, 4.69) is 0 Å². The Bertz CT molecular complexity index is 538. The molecule has 1 fully saturated rings. The second-order valence-electron chi connectivity index (χ2n) is 6.44. The molecule has 0 saturated heterocycles. The summed E-state index contributed by atoms with van der Waals surface area (Å²) in [6.45, 7) is 1.36. The molecule has 1 N–H and O–H groups in total. The van der Waals surface area contributed by atoms with Gasteiger partial charge in [-0.25, -0.2) is 0 Å². The number of carbonyl (C=O) groups excluding carboxylic acids is 1. The molecular weight excluding hydrogens is 286 g/mol. The van der Waals surface area contributed by atoms with Crippen LogP contribution in [0.25, 0.3) is 0 Å². The van der Waals surface area contributed by atoms with Gasteiger partial charge in [-0.3, -0.25) is 4.79 Å². The molecule has 1 aliphatic heterocycles. The van der Waals surface area contributed by atoms with Crippen molar-refractivity contribution in [3.05, 3.63) is 34.3 Å². The standard InChI is InChI=1S/C17H22ClNO2/c18-15-5-4-13-6-9-19(12-14(13)10-15)16(20)11-17(21)7-2-1-3-8-17/h4-5,10,21H,1-3,6-9,11-12H2. The van der Waals surface area contributed by atoms with E-state index in [1.165, 1.54) is 12.0 Å². The number of halogens is 1. The number of benzene rings is 1. The van der Waals surface area contributed by atoms with E-state index >= 15 is 0 Å². The molecule has 0 atom stereocenters. The molecule has 1 aliphatic carbocycles. The molecule has 0 bridgehead atoms. The summed E-state index contributed by atoms with van der Waals surface area (Å²) in [5, 5.41) is 11.3. The second kappa shape index (κ2) is 5.98. The minimum atomic E-state index is -0.774. The van der Waals surface area contributed by atoms with E-state index in [0.29, 0.717) is 11.6 Å². The first-order valence-electron chi connectivity index (χ1n) is 7.83. The Morgan fingerprint density at radius 2 is 2.00 bits per heavy atom. The van der Waals surface area contributed by atoms with Gasteiger partial charge in [-0.1, -0.05) is 36.9 Å². The lowest BCUT2D eigenvalue weighted by atomic mass is 9.82. The minimum Gasteiger partial charge on any atom is -0.389 e. The van der Waals surface area contributed by atoms with E-state index in [0.717, 1.165) is 44.2 Å². The monoisotopic (exact) mass is 307 g/mol. The largest absolute Gasteiger partial charge is 0.389 e. The van der Waals surface area contributed by atoms with Gasteiger partial charge in [0.1, 0.15) is 0 Å². The van der Waals surface area contributed by atoms with E-state index in [9.17, 15) is 9.90 Å². The third-order valence-electron chi connectivity index (χ3n) is 4.80. The van der Waals surface area contributed by atoms with E-state index in [1.807, 2.05) is 23.1 Å². The predicted molar refractivity (Wildman–Crippen MR) is 83.2 cm³/mol. The lowest BCUT2D eigenvalue weighted by Gasteiger charge is -2.35. The molecule has 1 amide bonds. The van der Waals surface area contributed by atoms with Crippen LogP contribution in [0.2, 0.25) is 5.02 Å². The summed E-state index contributed by atoms with van der Waals surface area (Å²) >= 11 is 6.04. The van der Waals surface area contributed by atoms with E-state index in [-0.39, 0.29) is 12.3 Å². The zero-order chi connectivity index (χ0) is 14.9. The van der Waals surface area contributed by atoms with Gasteiger partial charge < -0.3 is 10.0 Å². The van der Waals surface area contributed by atoms with Crippen molar-refractivity contribution in [1.82, 2.24) is 4.90 Å². The molecule has 1 aromatic rings. The number of hydrogen-bond donors (Lipinski definition) is 1. The van der Waals surface area contributed by atoms with Gasteiger partial charge in [0.15, 0.2) is 0 Å². The second-order valence-corrected chi connectivity index (χ2v) is 6.88. The highest BCUT2D eigenvalue weighted by atomic mass is 35.5. The lowest BCUT2D eigenvalue weighted by molar-refractivity contribution is -0.138. The maximum atomic E-state index is 12.5. The molecule has 1 heterocycles. The Labute approximate surface area is 130 Å². The summed E-state index contributed by atoms with van der Waals surface area (Å²) in [5.41, 5.74) is 1.64. The van der Waals surface area contributed by atoms with Crippen LogP contribution in [-0.2, 0) is 17.8 Å². The summed E-state index contributed by atoms with van der Waals surface area (Å²) in [7, 11) is 0. The number of carbonyl (C=O) groups is 1. The van der Waals surface area contributed by atoms with E-state index in [4.69, 9.17) is 11.6 Å². The Morgan fingerprint density at radius 3 is 2.76 bits per heavy atom. The highest BCUT2D eigenvalue weighted by Gasteiger charge is 2.34. The zero-order valence-corrected chi connectivity index (χ0v) is 13.0. The van der Waals surface area contributed by atoms with Crippen molar-refractivity contribution >= 4 is 17.5 Å². The van der Waals surface area contributed by atoms with Crippen molar-refractivity contribution in [3.63, 3.8) is 0 Å². The van der Waals surface area contributed by atoms with E-state index < -0.39 is 5.60 Å². The van der Waals surface area contributed by atoms with Crippen LogP contribution < -0.4 is 0 Å². The summed E-state index contributed by atoms with van der Waals surface area (Å²) in [6.07, 6.45) is 5.89. The first-order valence-corrected chi connectivity index (χ1v) is 8.21. The van der Waals surface area contributed by atoms with Crippen LogP contribution >= 0.6 is 11.6 Å². The maximum absolute atomic E-state index is 12.5. The maximum Gasteiger partial charge on any atom is 0.225 e. The molecule has 1 aromatic carbocycles. The fourth-order valence-corrected chi connectivity index (χ4v) is 3.71. The van der Waals surface area contributed by atoms with Crippen LogP contribution in [0.15, 0.2) is 18.2 Å². The fourth-order valence-electron chi connectivity index (χ4n) is 3.52. The average Bonchev–Trinajstić information content (AvgIpc) is 2.46. The van der Waals surface area contributed by atoms with Crippen molar-refractivity contribution < 1.29 is 9.90 Å². The molecule has 114 valence electrons. The molecule has 21 heavy (non-hydrogen) atoms. The summed E-state index contributed by atoms with van der Waals surface area (Å²) < 4.78 is 0. The third-order valence-corrected chi connectivity index (χ3v) is 5.03. The third kappa shape index (κ3) is 3.41. The first kappa shape index (κ1) is 14.9. The minimum absolute atomic E-state index is 0.0741. The first-order chi connectivity index (χ1) is 10.1. The molecule has 3 nitrogen and oxygen atoms in total. The average molecular weight is 308 g/mol. The number of amides is 1. The number of aliphatic hydroxyl groups is 1. The molecule has 0 radical (unpaired) electrons. The van der Waals surface area contributed by atoms with Crippen molar-refractivity contribution in [2.45, 2.75) is 57.1 Å². The van der Waals surface area contributed by atoms with Crippen LogP contribution in [0.1, 0.15) is 49.7 Å².